The highest BCUT2D eigenvalue weighted by Crippen LogP contribution is 2.43. The van der Waals surface area contributed by atoms with Crippen molar-refractivity contribution in [2.75, 3.05) is 24.8 Å². The number of benzene rings is 7. The van der Waals surface area contributed by atoms with Gasteiger partial charge in [-0.25, -0.2) is 0 Å². The third-order valence-electron chi connectivity index (χ3n) is 10.5. The first-order chi connectivity index (χ1) is 32.1. The van der Waals surface area contributed by atoms with Crippen LogP contribution in [0.25, 0.3) is 21.5 Å². The highest BCUT2D eigenvalue weighted by Gasteiger charge is 2.23. The second-order valence-electron chi connectivity index (χ2n) is 15.6. The lowest BCUT2D eigenvalue weighted by molar-refractivity contribution is 0.319. The minimum Gasteiger partial charge on any atom is -0.505 e. The van der Waals surface area contributed by atoms with Gasteiger partial charge in [0.25, 0.3) is 30.4 Å². The number of nitrogens with one attached hydrogen (secondary N) is 1. The maximum absolute atomic E-state index is 12.6. The highest BCUT2D eigenvalue weighted by atomic mass is 32.2. The van der Waals surface area contributed by atoms with Crippen LogP contribution in [0.4, 0.5) is 45.5 Å². The van der Waals surface area contributed by atoms with Gasteiger partial charge in [-0.1, -0.05) is 0 Å². The Balaban J connectivity index is 1.09. The third kappa shape index (κ3) is 11.7. The van der Waals surface area contributed by atoms with Gasteiger partial charge in [0, 0.05) is 28.2 Å². The van der Waals surface area contributed by atoms with Crippen molar-refractivity contribution >= 4 is 97.4 Å². The molecule has 0 saturated carbocycles. The van der Waals surface area contributed by atoms with Crippen LogP contribution in [0.2, 0.25) is 0 Å². The van der Waals surface area contributed by atoms with Crippen molar-refractivity contribution in [1.29, 1.82) is 0 Å². The van der Waals surface area contributed by atoms with Crippen LogP contribution in [-0.2, 0) is 30.4 Å². The Hall–Kier alpha value is -7.21. The van der Waals surface area contributed by atoms with E-state index < -0.39 is 57.3 Å². The SMILES string of the molecule is COc1ccc(Nc2ccc3c(O)c(N=Nc4cc(C)c(N=Nc5cc(C)c(N=Nc6ccc7c(OCCCS(=O)(=O)O)cc(S(=O)(=O)O)cc7c6)cc5C)cc4C)c(S(=O)(=O)O)cc3c2)cc1. The van der Waals surface area contributed by atoms with Gasteiger partial charge in [-0.05, 0) is 164 Å². The summed E-state index contributed by atoms with van der Waals surface area (Å²) in [6.45, 7) is 7.00. The molecule has 0 saturated heterocycles. The summed E-state index contributed by atoms with van der Waals surface area (Å²) in [7, 11) is -12.2. The van der Waals surface area contributed by atoms with Crippen LogP contribution in [0.15, 0.2) is 144 Å². The van der Waals surface area contributed by atoms with Gasteiger partial charge in [0.05, 0.1) is 52.8 Å². The number of hydrogen-bond donors (Lipinski definition) is 5. The minimum absolute atomic E-state index is 0.0657. The van der Waals surface area contributed by atoms with Crippen LogP contribution in [-0.4, -0.2) is 63.5 Å². The lowest BCUT2D eigenvalue weighted by atomic mass is 10.1. The average Bonchev–Trinajstić information content (AvgIpc) is 3.27. The molecule has 0 unspecified atom stereocenters. The quantitative estimate of drug-likeness (QED) is 0.0342. The number of fused-ring (bicyclic) bond motifs is 2. The molecule has 0 spiro atoms. The molecule has 0 aromatic heterocycles. The molecule has 0 bridgehead atoms. The number of ether oxygens (including phenoxy) is 2. The van der Waals surface area contributed by atoms with E-state index in [1.165, 1.54) is 12.1 Å². The summed E-state index contributed by atoms with van der Waals surface area (Å²) in [6.07, 6.45) is -0.0657. The van der Waals surface area contributed by atoms with Gasteiger partial charge in [-0.2, -0.15) is 50.8 Å². The Morgan fingerprint density at radius 3 is 1.63 bits per heavy atom. The van der Waals surface area contributed by atoms with E-state index >= 15 is 0 Å². The topological polar surface area (TPSA) is 288 Å². The molecule has 5 N–H and O–H groups in total. The lowest BCUT2D eigenvalue weighted by Crippen LogP contribution is -2.09. The van der Waals surface area contributed by atoms with Crippen molar-refractivity contribution in [3.8, 4) is 17.2 Å². The van der Waals surface area contributed by atoms with E-state index in [2.05, 4.69) is 36.0 Å². The maximum Gasteiger partial charge on any atom is 0.296 e. The molecule has 7 aromatic carbocycles. The Morgan fingerprint density at radius 1 is 0.559 bits per heavy atom. The van der Waals surface area contributed by atoms with Crippen molar-refractivity contribution in [2.24, 2.45) is 30.7 Å². The second-order valence-corrected chi connectivity index (χ2v) is 20.0. The summed E-state index contributed by atoms with van der Waals surface area (Å²) in [5, 5.41) is 42.0. The standard InChI is InChI=1S/C46H43N7O12S3/c1-26-18-40(27(2)17-39(26)49-48-34-10-13-37-30(22-34)23-36(67(58,59)60)25-43(37)65-15-6-16-66(55,56)57)50-51-41-19-29(4)42(20-28(41)3)52-53-45-44(68(61,62)63)24-31-21-33(9-14-38(31)46(45)54)47-32-7-11-35(64-5)12-8-32/h7-14,17-25,47,54H,6,15-16H2,1-5H3,(H,55,56,57)(H,58,59,60)(H,61,62,63). The van der Waals surface area contributed by atoms with Crippen molar-refractivity contribution in [3.05, 3.63) is 125 Å². The Morgan fingerprint density at radius 2 is 1.09 bits per heavy atom. The van der Waals surface area contributed by atoms with Gasteiger partial charge in [-0.15, -0.1) is 5.11 Å². The first kappa shape index (κ1) is 48.7. The van der Waals surface area contributed by atoms with Crippen LogP contribution in [0.5, 0.6) is 17.2 Å². The largest absolute Gasteiger partial charge is 0.505 e. The number of methoxy groups -OCH3 is 1. The van der Waals surface area contributed by atoms with Crippen LogP contribution in [0.3, 0.4) is 0 Å². The summed E-state index contributed by atoms with van der Waals surface area (Å²) in [5.74, 6) is -0.298. The third-order valence-corrected chi connectivity index (χ3v) is 13.0. The Labute approximate surface area is 391 Å². The molecule has 0 heterocycles. The maximum atomic E-state index is 12.6. The molecular weight excluding hydrogens is 939 g/mol. The number of phenols is 1. The highest BCUT2D eigenvalue weighted by molar-refractivity contribution is 7.86. The summed E-state index contributed by atoms with van der Waals surface area (Å²) in [5.41, 5.74) is 5.82. The average molecular weight is 982 g/mol. The van der Waals surface area contributed by atoms with E-state index in [0.29, 0.717) is 72.7 Å². The molecule has 0 amide bonds. The molecular formula is C46H43N7O12S3. The van der Waals surface area contributed by atoms with Crippen molar-refractivity contribution in [2.45, 2.75) is 43.9 Å². The first-order valence-corrected chi connectivity index (χ1v) is 24.8. The summed E-state index contributed by atoms with van der Waals surface area (Å²) in [4.78, 5) is -1.08. The van der Waals surface area contributed by atoms with E-state index in [4.69, 9.17) is 14.0 Å². The van der Waals surface area contributed by atoms with Crippen LogP contribution >= 0.6 is 0 Å². The molecule has 19 nitrogen and oxygen atoms in total. The van der Waals surface area contributed by atoms with Crippen molar-refractivity contribution in [3.63, 3.8) is 0 Å². The van der Waals surface area contributed by atoms with Crippen LogP contribution < -0.4 is 14.8 Å². The first-order valence-electron chi connectivity index (χ1n) is 20.4. The minimum atomic E-state index is -4.87. The number of phenolic OH excluding ortho intramolecular Hbond substituents is 1. The fourth-order valence-corrected chi connectivity index (χ4v) is 8.61. The Kier molecular flexibility index (Phi) is 14.0. The zero-order chi connectivity index (χ0) is 49.1. The normalized spacial score (nSPS) is 12.5. The molecule has 68 heavy (non-hydrogen) atoms. The fourth-order valence-electron chi connectivity index (χ4n) is 6.94. The Bertz CT molecular complexity index is 3570. The molecule has 0 aliphatic carbocycles. The molecule has 7 aromatic rings. The van der Waals surface area contributed by atoms with E-state index in [9.17, 15) is 39.5 Å². The van der Waals surface area contributed by atoms with Gasteiger partial charge in [0.15, 0.2) is 5.75 Å². The van der Waals surface area contributed by atoms with Gasteiger partial charge in [0.1, 0.15) is 22.1 Å². The zero-order valence-corrected chi connectivity index (χ0v) is 39.3. The van der Waals surface area contributed by atoms with Gasteiger partial charge < -0.3 is 19.9 Å². The lowest BCUT2D eigenvalue weighted by Gasteiger charge is -2.12. The monoisotopic (exact) mass is 981 g/mol. The van der Waals surface area contributed by atoms with Crippen LogP contribution in [0, 0.1) is 27.7 Å². The smallest absolute Gasteiger partial charge is 0.296 e. The second kappa shape index (κ2) is 19.6. The number of nitrogens with zero attached hydrogens (tertiary/aromatic N) is 6. The number of azo groups is 3. The predicted octanol–water partition coefficient (Wildman–Crippen LogP) is 12.1. The van der Waals surface area contributed by atoms with Crippen molar-refractivity contribution in [1.82, 2.24) is 0 Å². The van der Waals surface area contributed by atoms with E-state index in [0.717, 1.165) is 17.3 Å². The predicted molar refractivity (Wildman–Crippen MR) is 256 cm³/mol. The van der Waals surface area contributed by atoms with Crippen LogP contribution in [0.1, 0.15) is 28.7 Å². The van der Waals surface area contributed by atoms with E-state index in [1.807, 2.05) is 13.8 Å². The van der Waals surface area contributed by atoms with E-state index in [1.54, 1.807) is 106 Å². The molecule has 0 atom stereocenters. The molecule has 0 aliphatic rings. The van der Waals surface area contributed by atoms with Gasteiger partial charge >= 0.3 is 0 Å². The molecule has 0 fully saturated rings. The van der Waals surface area contributed by atoms with Crippen molar-refractivity contribution < 1.29 is 53.5 Å². The number of hydrogen-bond acceptors (Lipinski definition) is 16. The number of rotatable bonds is 16. The molecule has 0 radical (unpaired) electrons. The molecule has 0 aliphatic heterocycles. The van der Waals surface area contributed by atoms with E-state index in [-0.39, 0.29) is 24.2 Å². The van der Waals surface area contributed by atoms with Gasteiger partial charge in [0.2, 0.25) is 0 Å². The summed E-state index contributed by atoms with van der Waals surface area (Å²) >= 11 is 0. The fraction of sp³-hybridized carbons (Fsp3) is 0.174. The molecule has 352 valence electrons. The number of anilines is 2. The number of aryl methyl sites for hydroxylation is 4. The zero-order valence-electron chi connectivity index (χ0n) is 36.9. The van der Waals surface area contributed by atoms with Gasteiger partial charge in [-0.3, -0.25) is 13.7 Å². The summed E-state index contributed by atoms with van der Waals surface area (Å²) < 4.78 is 111. The summed E-state index contributed by atoms with van der Waals surface area (Å²) in [6, 6.07) is 27.4. The molecule has 7 rings (SSSR count). The molecule has 22 heteroatoms. The number of aromatic hydroxyl groups is 1.